The van der Waals surface area contributed by atoms with Crippen LogP contribution in [-0.4, -0.2) is 11.1 Å². The van der Waals surface area contributed by atoms with E-state index in [1.165, 1.54) is 27.3 Å². The van der Waals surface area contributed by atoms with Crippen molar-refractivity contribution in [1.82, 2.24) is 0 Å². The molecule has 3 aromatic rings. The Balaban J connectivity index is 2.13. The van der Waals surface area contributed by atoms with Gasteiger partial charge >= 0.3 is 0 Å². The highest BCUT2D eigenvalue weighted by atomic mass is 16.3. The summed E-state index contributed by atoms with van der Waals surface area (Å²) in [6.07, 6.45) is 3.07. The first-order valence-corrected chi connectivity index (χ1v) is 7.59. The molecule has 1 aliphatic carbocycles. The van der Waals surface area contributed by atoms with E-state index in [1.807, 2.05) is 6.07 Å². The molecule has 0 spiro atoms. The van der Waals surface area contributed by atoms with Crippen molar-refractivity contribution < 1.29 is 5.11 Å². The maximum atomic E-state index is 9.73. The van der Waals surface area contributed by atoms with Crippen LogP contribution in [0.15, 0.2) is 42.5 Å². The van der Waals surface area contributed by atoms with Gasteiger partial charge in [0.15, 0.2) is 0 Å². The van der Waals surface area contributed by atoms with Crippen LogP contribution < -0.4 is 5.73 Å². The van der Waals surface area contributed by atoms with E-state index in [4.69, 9.17) is 5.73 Å². The summed E-state index contributed by atoms with van der Waals surface area (Å²) in [6, 6.07) is 15.2. The van der Waals surface area contributed by atoms with Crippen molar-refractivity contribution in [2.45, 2.75) is 31.9 Å². The molecule has 106 valence electrons. The van der Waals surface area contributed by atoms with Crippen LogP contribution in [0, 0.1) is 0 Å². The zero-order valence-corrected chi connectivity index (χ0v) is 12.0. The highest BCUT2D eigenvalue weighted by Crippen LogP contribution is 2.34. The number of aliphatic hydroxyl groups is 1. The average molecular weight is 277 g/mol. The summed E-state index contributed by atoms with van der Waals surface area (Å²) < 4.78 is 0. The summed E-state index contributed by atoms with van der Waals surface area (Å²) in [6.45, 7) is 0.0756. The Bertz CT molecular complexity index is 838. The lowest BCUT2D eigenvalue weighted by molar-refractivity contribution is 0.283. The summed E-state index contributed by atoms with van der Waals surface area (Å²) in [5, 5.41) is 14.6. The number of rotatable bonds is 1. The summed E-state index contributed by atoms with van der Waals surface area (Å²) >= 11 is 0. The Morgan fingerprint density at radius 3 is 2.57 bits per heavy atom. The summed E-state index contributed by atoms with van der Waals surface area (Å²) in [5.74, 6) is 0. The first kappa shape index (κ1) is 12.8. The molecule has 0 saturated heterocycles. The monoisotopic (exact) mass is 277 g/mol. The molecule has 21 heavy (non-hydrogen) atoms. The lowest BCUT2D eigenvalue weighted by Gasteiger charge is -2.24. The number of benzene rings is 3. The quantitative estimate of drug-likeness (QED) is 0.670. The molecule has 0 heterocycles. The van der Waals surface area contributed by atoms with Crippen molar-refractivity contribution in [3.63, 3.8) is 0 Å². The third-order valence-corrected chi connectivity index (χ3v) is 4.76. The van der Waals surface area contributed by atoms with Crippen LogP contribution >= 0.6 is 0 Å². The molecule has 0 radical (unpaired) electrons. The van der Waals surface area contributed by atoms with Crippen molar-refractivity contribution in [2.75, 3.05) is 0 Å². The molecule has 0 amide bonds. The summed E-state index contributed by atoms with van der Waals surface area (Å²) in [5.41, 5.74) is 9.98. The summed E-state index contributed by atoms with van der Waals surface area (Å²) in [4.78, 5) is 0. The van der Waals surface area contributed by atoms with E-state index in [9.17, 15) is 5.11 Å². The van der Waals surface area contributed by atoms with Crippen molar-refractivity contribution in [3.8, 4) is 0 Å². The van der Waals surface area contributed by atoms with Crippen LogP contribution in [-0.2, 0) is 19.4 Å². The van der Waals surface area contributed by atoms with Crippen LogP contribution in [0.4, 0.5) is 0 Å². The fourth-order valence-corrected chi connectivity index (χ4v) is 3.67. The average Bonchev–Trinajstić information content (AvgIpc) is 2.53. The lowest BCUT2D eigenvalue weighted by Crippen LogP contribution is -2.28. The Morgan fingerprint density at radius 1 is 1.00 bits per heavy atom. The number of fused-ring (bicyclic) bond motifs is 5. The third kappa shape index (κ3) is 1.95. The van der Waals surface area contributed by atoms with Gasteiger partial charge in [-0.25, -0.2) is 0 Å². The molecular weight excluding hydrogens is 258 g/mol. The van der Waals surface area contributed by atoms with Crippen LogP contribution in [0.5, 0.6) is 0 Å². The van der Waals surface area contributed by atoms with Gasteiger partial charge in [-0.15, -0.1) is 0 Å². The normalized spacial score (nSPS) is 18.1. The van der Waals surface area contributed by atoms with Crippen LogP contribution in [0.2, 0.25) is 0 Å². The minimum atomic E-state index is 0.0756. The fourth-order valence-electron chi connectivity index (χ4n) is 3.67. The van der Waals surface area contributed by atoms with E-state index in [0.717, 1.165) is 30.2 Å². The van der Waals surface area contributed by atoms with Crippen molar-refractivity contribution in [2.24, 2.45) is 5.73 Å². The Kier molecular flexibility index (Phi) is 2.95. The van der Waals surface area contributed by atoms with E-state index in [0.29, 0.717) is 0 Å². The third-order valence-electron chi connectivity index (χ3n) is 4.76. The van der Waals surface area contributed by atoms with Crippen molar-refractivity contribution in [3.05, 3.63) is 59.2 Å². The van der Waals surface area contributed by atoms with Gasteiger partial charge in [0.05, 0.1) is 6.61 Å². The molecule has 2 nitrogen and oxygen atoms in total. The molecule has 0 aromatic heterocycles. The molecule has 1 aliphatic rings. The van der Waals surface area contributed by atoms with Crippen LogP contribution in [0.25, 0.3) is 21.5 Å². The maximum absolute atomic E-state index is 9.73. The Hall–Kier alpha value is -1.90. The first-order valence-electron chi connectivity index (χ1n) is 7.59. The van der Waals surface area contributed by atoms with E-state index in [1.54, 1.807) is 0 Å². The number of nitrogens with two attached hydrogens (primary N) is 1. The van der Waals surface area contributed by atoms with Gasteiger partial charge in [-0.3, -0.25) is 0 Å². The largest absolute Gasteiger partial charge is 0.392 e. The van der Waals surface area contributed by atoms with Crippen LogP contribution in [0.3, 0.4) is 0 Å². The van der Waals surface area contributed by atoms with Gasteiger partial charge < -0.3 is 10.8 Å². The standard InChI is InChI=1S/C19H19NO/c20-14-7-5-12-6-8-17-16-4-2-1-3-15(16)13(11-21)9-19(17)18(12)10-14/h1-4,6,8-9,14,21H,5,7,10-11,20H2. The molecule has 0 saturated carbocycles. The second-order valence-corrected chi connectivity index (χ2v) is 6.04. The van der Waals surface area contributed by atoms with Gasteiger partial charge in [0.1, 0.15) is 0 Å². The van der Waals surface area contributed by atoms with Gasteiger partial charge in [0.2, 0.25) is 0 Å². The molecule has 2 heteroatoms. The highest BCUT2D eigenvalue weighted by molar-refractivity contribution is 6.10. The highest BCUT2D eigenvalue weighted by Gasteiger charge is 2.19. The smallest absolute Gasteiger partial charge is 0.0688 e. The van der Waals surface area contributed by atoms with E-state index in [2.05, 4.69) is 36.4 Å². The maximum Gasteiger partial charge on any atom is 0.0688 e. The van der Waals surface area contributed by atoms with Crippen molar-refractivity contribution in [1.29, 1.82) is 0 Å². The first-order chi connectivity index (χ1) is 10.3. The van der Waals surface area contributed by atoms with Gasteiger partial charge in [-0.1, -0.05) is 36.4 Å². The fraction of sp³-hybridized carbons (Fsp3) is 0.263. The molecule has 3 N–H and O–H groups in total. The predicted octanol–water partition coefficient (Wildman–Crippen LogP) is 3.30. The van der Waals surface area contributed by atoms with E-state index < -0.39 is 0 Å². The minimum absolute atomic E-state index is 0.0756. The number of aryl methyl sites for hydroxylation is 1. The molecule has 1 unspecified atom stereocenters. The Labute approximate surface area is 124 Å². The van der Waals surface area contributed by atoms with E-state index >= 15 is 0 Å². The van der Waals surface area contributed by atoms with E-state index in [-0.39, 0.29) is 12.6 Å². The Morgan fingerprint density at radius 2 is 1.76 bits per heavy atom. The molecular formula is C19H19NO. The molecule has 0 bridgehead atoms. The molecule has 0 fully saturated rings. The van der Waals surface area contributed by atoms with Crippen molar-refractivity contribution >= 4 is 21.5 Å². The van der Waals surface area contributed by atoms with Gasteiger partial charge in [0, 0.05) is 6.04 Å². The second-order valence-electron chi connectivity index (χ2n) is 6.04. The molecule has 1 atom stereocenters. The second kappa shape index (κ2) is 4.83. The topological polar surface area (TPSA) is 46.2 Å². The van der Waals surface area contributed by atoms with Crippen LogP contribution in [0.1, 0.15) is 23.1 Å². The molecule has 3 aromatic carbocycles. The minimum Gasteiger partial charge on any atom is -0.392 e. The SMILES string of the molecule is NC1CCc2ccc3c(cc(CO)c4ccccc43)c2C1. The predicted molar refractivity (Wildman–Crippen MR) is 87.4 cm³/mol. The van der Waals surface area contributed by atoms with Gasteiger partial charge in [0.25, 0.3) is 0 Å². The zero-order chi connectivity index (χ0) is 14.4. The van der Waals surface area contributed by atoms with Gasteiger partial charge in [-0.2, -0.15) is 0 Å². The summed E-state index contributed by atoms with van der Waals surface area (Å²) in [7, 11) is 0. The molecule has 0 aliphatic heterocycles. The lowest BCUT2D eigenvalue weighted by atomic mass is 9.83. The number of aliphatic hydroxyl groups excluding tert-OH is 1. The number of hydrogen-bond acceptors (Lipinski definition) is 2. The van der Waals surface area contributed by atoms with Gasteiger partial charge in [-0.05, 0) is 63.6 Å². The molecule has 4 rings (SSSR count). The zero-order valence-electron chi connectivity index (χ0n) is 12.0. The number of hydrogen-bond donors (Lipinski definition) is 2.